The van der Waals surface area contributed by atoms with E-state index < -0.39 is 0 Å². The number of fused-ring (bicyclic) bond motifs is 2. The number of nitrogens with zero attached hydrogens (tertiary/aromatic N) is 6. The van der Waals surface area contributed by atoms with Gasteiger partial charge in [0.15, 0.2) is 5.65 Å². The molecule has 1 atom stereocenters. The SMILES string of the molecule is CC.Cc1nn(C(C)c2cc3ccccn3c2CN2CCOCC2)c2ncnc(N)c12. The molecule has 5 heterocycles. The van der Waals surface area contributed by atoms with Gasteiger partial charge in [0.25, 0.3) is 0 Å². The fourth-order valence-electron chi connectivity index (χ4n) is 4.27. The van der Waals surface area contributed by atoms with E-state index in [0.29, 0.717) is 5.82 Å². The Hall–Kier alpha value is -2.97. The van der Waals surface area contributed by atoms with Crippen LogP contribution >= 0.6 is 0 Å². The van der Waals surface area contributed by atoms with Gasteiger partial charge in [-0.05, 0) is 37.6 Å². The monoisotopic (exact) mass is 421 g/mol. The molecular formula is C23H31N7O. The summed E-state index contributed by atoms with van der Waals surface area (Å²) < 4.78 is 9.78. The van der Waals surface area contributed by atoms with Gasteiger partial charge in [0.2, 0.25) is 0 Å². The first-order valence-electron chi connectivity index (χ1n) is 11.0. The van der Waals surface area contributed by atoms with E-state index >= 15 is 0 Å². The lowest BCUT2D eigenvalue weighted by molar-refractivity contribution is 0.0334. The highest BCUT2D eigenvalue weighted by molar-refractivity contribution is 5.88. The number of aryl methyl sites for hydroxylation is 1. The van der Waals surface area contributed by atoms with Crippen molar-refractivity contribution >= 4 is 22.4 Å². The molecular weight excluding hydrogens is 390 g/mol. The van der Waals surface area contributed by atoms with Crippen LogP contribution in [-0.4, -0.2) is 55.4 Å². The molecule has 1 saturated heterocycles. The number of ether oxygens (including phenoxy) is 1. The summed E-state index contributed by atoms with van der Waals surface area (Å²) in [6.45, 7) is 12.5. The first-order valence-corrected chi connectivity index (χ1v) is 11.0. The number of pyridine rings is 1. The number of hydrogen-bond acceptors (Lipinski definition) is 6. The lowest BCUT2D eigenvalue weighted by atomic mass is 10.1. The van der Waals surface area contributed by atoms with E-state index in [1.807, 2.05) is 25.5 Å². The van der Waals surface area contributed by atoms with Gasteiger partial charge in [0.05, 0.1) is 30.3 Å². The first-order chi connectivity index (χ1) is 15.1. The maximum atomic E-state index is 6.10. The van der Waals surface area contributed by atoms with Crippen molar-refractivity contribution in [2.24, 2.45) is 0 Å². The second-order valence-electron chi connectivity index (χ2n) is 7.59. The third-order valence-electron chi connectivity index (χ3n) is 5.81. The summed E-state index contributed by atoms with van der Waals surface area (Å²) in [7, 11) is 0. The summed E-state index contributed by atoms with van der Waals surface area (Å²) in [6.07, 6.45) is 3.64. The Balaban J connectivity index is 0.00000112. The van der Waals surface area contributed by atoms with Crippen LogP contribution < -0.4 is 5.73 Å². The van der Waals surface area contributed by atoms with Crippen LogP contribution in [0.1, 0.15) is 43.8 Å². The lowest BCUT2D eigenvalue weighted by Crippen LogP contribution is -2.36. The van der Waals surface area contributed by atoms with Crippen LogP contribution in [0.2, 0.25) is 0 Å². The average molecular weight is 422 g/mol. The Morgan fingerprint density at radius 3 is 2.71 bits per heavy atom. The zero-order valence-corrected chi connectivity index (χ0v) is 18.7. The van der Waals surface area contributed by atoms with Gasteiger partial charge in [-0.1, -0.05) is 19.9 Å². The van der Waals surface area contributed by atoms with Gasteiger partial charge < -0.3 is 14.9 Å². The van der Waals surface area contributed by atoms with Gasteiger partial charge in [-0.3, -0.25) is 4.90 Å². The molecule has 0 amide bonds. The van der Waals surface area contributed by atoms with E-state index in [4.69, 9.17) is 15.6 Å². The smallest absolute Gasteiger partial charge is 0.164 e. The minimum Gasteiger partial charge on any atom is -0.383 e. The molecule has 8 nitrogen and oxygen atoms in total. The molecule has 1 aliphatic heterocycles. The summed E-state index contributed by atoms with van der Waals surface area (Å²) in [5.74, 6) is 0.474. The molecule has 1 unspecified atom stereocenters. The van der Waals surface area contributed by atoms with E-state index in [9.17, 15) is 0 Å². The minimum absolute atomic E-state index is 0.0106. The Kier molecular flexibility index (Phi) is 6.20. The number of rotatable bonds is 4. The second kappa shape index (κ2) is 9.03. The van der Waals surface area contributed by atoms with Crippen LogP contribution in [0.3, 0.4) is 0 Å². The predicted molar refractivity (Wildman–Crippen MR) is 123 cm³/mol. The Labute approximate surface area is 182 Å². The molecule has 4 aromatic heterocycles. The predicted octanol–water partition coefficient (Wildman–Crippen LogP) is 3.44. The number of aromatic nitrogens is 5. The Morgan fingerprint density at radius 2 is 1.94 bits per heavy atom. The molecule has 0 spiro atoms. The molecule has 0 bridgehead atoms. The van der Waals surface area contributed by atoms with Crippen molar-refractivity contribution in [3.8, 4) is 0 Å². The molecule has 1 fully saturated rings. The fourth-order valence-corrected chi connectivity index (χ4v) is 4.27. The molecule has 164 valence electrons. The van der Waals surface area contributed by atoms with Crippen LogP contribution in [-0.2, 0) is 11.3 Å². The third-order valence-corrected chi connectivity index (χ3v) is 5.81. The summed E-state index contributed by atoms with van der Waals surface area (Å²) >= 11 is 0. The molecule has 0 aromatic carbocycles. The van der Waals surface area contributed by atoms with E-state index in [1.54, 1.807) is 0 Å². The molecule has 0 saturated carbocycles. The normalized spacial score (nSPS) is 15.7. The minimum atomic E-state index is 0.0106. The van der Waals surface area contributed by atoms with Crippen LogP contribution in [0.4, 0.5) is 5.82 Å². The van der Waals surface area contributed by atoms with Crippen LogP contribution in [0.15, 0.2) is 36.8 Å². The molecule has 2 N–H and O–H groups in total. The van der Waals surface area contributed by atoms with Crippen molar-refractivity contribution in [3.05, 3.63) is 53.7 Å². The quantitative estimate of drug-likeness (QED) is 0.543. The van der Waals surface area contributed by atoms with Gasteiger partial charge in [0.1, 0.15) is 12.1 Å². The number of hydrogen-bond donors (Lipinski definition) is 1. The highest BCUT2D eigenvalue weighted by atomic mass is 16.5. The molecule has 1 aliphatic rings. The van der Waals surface area contributed by atoms with Crippen LogP contribution in [0, 0.1) is 6.92 Å². The van der Waals surface area contributed by atoms with E-state index in [1.165, 1.54) is 23.1 Å². The maximum absolute atomic E-state index is 6.10. The standard InChI is InChI=1S/C21H25N7O.C2H6/c1-14-19-20(22)23-13-24-21(19)28(25-14)15(2)17-11-16-5-3-4-6-27(16)18(17)12-26-7-9-29-10-8-26;1-2/h3-6,11,13,15H,7-10,12H2,1-2H3,(H2,22,23,24);1-2H3. The molecule has 4 aromatic rings. The number of nitrogen functional groups attached to an aromatic ring is 1. The van der Waals surface area contributed by atoms with Gasteiger partial charge >= 0.3 is 0 Å². The highest BCUT2D eigenvalue weighted by Crippen LogP contribution is 2.31. The summed E-state index contributed by atoms with van der Waals surface area (Å²) in [4.78, 5) is 11.1. The summed E-state index contributed by atoms with van der Waals surface area (Å²) in [5, 5.41) is 5.61. The average Bonchev–Trinajstić information content (AvgIpc) is 3.34. The van der Waals surface area contributed by atoms with Crippen LogP contribution in [0.25, 0.3) is 16.6 Å². The zero-order valence-electron chi connectivity index (χ0n) is 18.7. The van der Waals surface area contributed by atoms with Crippen molar-refractivity contribution in [2.75, 3.05) is 32.0 Å². The lowest BCUT2D eigenvalue weighted by Gasteiger charge is -2.27. The fraction of sp³-hybridized carbons (Fsp3) is 0.435. The number of morpholine rings is 1. The molecule has 0 aliphatic carbocycles. The van der Waals surface area contributed by atoms with Crippen molar-refractivity contribution in [1.29, 1.82) is 0 Å². The van der Waals surface area contributed by atoms with Crippen molar-refractivity contribution < 1.29 is 4.74 Å². The van der Waals surface area contributed by atoms with Crippen LogP contribution in [0.5, 0.6) is 0 Å². The van der Waals surface area contributed by atoms with E-state index in [-0.39, 0.29) is 6.04 Å². The van der Waals surface area contributed by atoms with Gasteiger partial charge in [-0.15, -0.1) is 0 Å². The molecule has 5 rings (SSSR count). The van der Waals surface area contributed by atoms with Gasteiger partial charge in [-0.25, -0.2) is 14.6 Å². The zero-order chi connectivity index (χ0) is 22.0. The highest BCUT2D eigenvalue weighted by Gasteiger charge is 2.23. The molecule has 8 heteroatoms. The van der Waals surface area contributed by atoms with Gasteiger partial charge in [0, 0.05) is 37.0 Å². The Morgan fingerprint density at radius 1 is 1.16 bits per heavy atom. The summed E-state index contributed by atoms with van der Waals surface area (Å²) in [6, 6.07) is 8.56. The van der Waals surface area contributed by atoms with Crippen molar-refractivity contribution in [3.63, 3.8) is 0 Å². The number of nitrogens with two attached hydrogens (primary N) is 1. The molecule has 31 heavy (non-hydrogen) atoms. The summed E-state index contributed by atoms with van der Waals surface area (Å²) in [5.41, 5.74) is 11.4. The van der Waals surface area contributed by atoms with Gasteiger partial charge in [-0.2, -0.15) is 5.10 Å². The second-order valence-corrected chi connectivity index (χ2v) is 7.59. The van der Waals surface area contributed by atoms with Crippen molar-refractivity contribution in [2.45, 2.75) is 40.3 Å². The first kappa shape index (κ1) is 21.3. The topological polar surface area (TPSA) is 86.5 Å². The largest absolute Gasteiger partial charge is 0.383 e. The van der Waals surface area contributed by atoms with E-state index in [2.05, 4.69) is 56.7 Å². The molecule has 0 radical (unpaired) electrons. The Bertz CT molecular complexity index is 1170. The van der Waals surface area contributed by atoms with E-state index in [0.717, 1.165) is 49.6 Å². The third kappa shape index (κ3) is 3.88. The maximum Gasteiger partial charge on any atom is 0.164 e. The number of anilines is 1. The van der Waals surface area contributed by atoms with Crippen molar-refractivity contribution in [1.82, 2.24) is 29.0 Å².